The second kappa shape index (κ2) is 6.34. The summed E-state index contributed by atoms with van der Waals surface area (Å²) in [6, 6.07) is 4.57. The predicted molar refractivity (Wildman–Crippen MR) is 63.1 cm³/mol. The number of carbonyl (C=O) groups excluding carboxylic acids is 1. The normalized spacial score (nSPS) is 10.1. The third-order valence-corrected chi connectivity index (χ3v) is 3.06. The highest BCUT2D eigenvalue weighted by Crippen LogP contribution is 2.24. The van der Waals surface area contributed by atoms with Crippen LogP contribution in [0, 0.1) is 5.82 Å². The van der Waals surface area contributed by atoms with Crippen LogP contribution in [0.3, 0.4) is 0 Å². The molecule has 0 unspecified atom stereocenters. The van der Waals surface area contributed by atoms with Crippen LogP contribution in [0.4, 0.5) is 10.1 Å². The molecule has 1 rings (SSSR count). The molecule has 0 bridgehead atoms. The average Bonchev–Trinajstić information content (AvgIpc) is 2.26. The lowest BCUT2D eigenvalue weighted by molar-refractivity contribution is -0.121. The molecule has 16 heavy (non-hydrogen) atoms. The molecule has 0 aromatic heterocycles. The number of hydrogen-bond acceptors (Lipinski definition) is 4. The Labute approximate surface area is 97.5 Å². The number of nitrogens with two attached hydrogens (primary N) is 2. The summed E-state index contributed by atoms with van der Waals surface area (Å²) in [7, 11) is 0. The Morgan fingerprint density at radius 2 is 2.25 bits per heavy atom. The smallest absolute Gasteiger partial charge is 0.233 e. The number of thioether (sulfide) groups is 1. The Bertz CT molecular complexity index is 373. The molecule has 0 aliphatic heterocycles. The summed E-state index contributed by atoms with van der Waals surface area (Å²) < 4.78 is 13.3. The van der Waals surface area contributed by atoms with Gasteiger partial charge in [-0.1, -0.05) is 0 Å². The summed E-state index contributed by atoms with van der Waals surface area (Å²) in [6.07, 6.45) is 0.998. The van der Waals surface area contributed by atoms with E-state index in [2.05, 4.69) is 0 Å². The van der Waals surface area contributed by atoms with E-state index >= 15 is 0 Å². The molecule has 1 aromatic carbocycles. The van der Waals surface area contributed by atoms with Crippen molar-refractivity contribution in [2.24, 2.45) is 5.84 Å². The van der Waals surface area contributed by atoms with Gasteiger partial charge in [-0.05, 0) is 30.4 Å². The van der Waals surface area contributed by atoms with Gasteiger partial charge in [-0.3, -0.25) is 10.2 Å². The van der Waals surface area contributed by atoms with Gasteiger partial charge in [0, 0.05) is 17.0 Å². The molecule has 0 fully saturated rings. The molecule has 0 atom stereocenters. The van der Waals surface area contributed by atoms with E-state index in [1.54, 1.807) is 12.1 Å². The number of nitrogen functional groups attached to an aromatic ring is 1. The number of carbonyl (C=O) groups is 1. The fraction of sp³-hybridized carbons (Fsp3) is 0.300. The molecule has 0 spiro atoms. The van der Waals surface area contributed by atoms with Gasteiger partial charge < -0.3 is 5.73 Å². The first-order chi connectivity index (χ1) is 7.63. The molecule has 0 saturated heterocycles. The summed E-state index contributed by atoms with van der Waals surface area (Å²) in [5.74, 6) is 5.05. The maximum Gasteiger partial charge on any atom is 0.233 e. The van der Waals surface area contributed by atoms with Crippen LogP contribution in [0.25, 0.3) is 0 Å². The fourth-order valence-corrected chi connectivity index (χ4v) is 1.99. The van der Waals surface area contributed by atoms with Crippen LogP contribution in [-0.2, 0) is 4.79 Å². The van der Waals surface area contributed by atoms with Gasteiger partial charge >= 0.3 is 0 Å². The molecular formula is C10H14FN3OS. The highest BCUT2D eigenvalue weighted by atomic mass is 32.2. The monoisotopic (exact) mass is 243 g/mol. The second-order valence-corrected chi connectivity index (χ2v) is 4.35. The lowest BCUT2D eigenvalue weighted by atomic mass is 10.3. The Hall–Kier alpha value is -1.27. The molecule has 5 N–H and O–H groups in total. The minimum atomic E-state index is -0.326. The van der Waals surface area contributed by atoms with Gasteiger partial charge in [0.2, 0.25) is 5.91 Å². The molecule has 0 aliphatic rings. The first kappa shape index (κ1) is 12.8. The minimum absolute atomic E-state index is 0.210. The third-order valence-electron chi connectivity index (χ3n) is 1.92. The highest BCUT2D eigenvalue weighted by Gasteiger charge is 2.04. The zero-order valence-electron chi connectivity index (χ0n) is 8.70. The number of benzene rings is 1. The van der Waals surface area contributed by atoms with Crippen LogP contribution < -0.4 is 17.0 Å². The van der Waals surface area contributed by atoms with Gasteiger partial charge in [0.05, 0.1) is 0 Å². The van der Waals surface area contributed by atoms with E-state index in [1.165, 1.54) is 17.8 Å². The number of amides is 1. The Morgan fingerprint density at radius 1 is 1.50 bits per heavy atom. The second-order valence-electron chi connectivity index (χ2n) is 3.21. The molecule has 0 saturated carbocycles. The molecule has 0 aliphatic carbocycles. The van der Waals surface area contributed by atoms with Gasteiger partial charge in [0.15, 0.2) is 0 Å². The Morgan fingerprint density at radius 3 is 2.88 bits per heavy atom. The van der Waals surface area contributed by atoms with Crippen LogP contribution in [0.15, 0.2) is 23.1 Å². The molecule has 1 aromatic rings. The molecule has 1 amide bonds. The van der Waals surface area contributed by atoms with E-state index in [-0.39, 0.29) is 11.7 Å². The molecule has 6 heteroatoms. The maximum absolute atomic E-state index is 13.3. The van der Waals surface area contributed by atoms with Gasteiger partial charge in [-0.25, -0.2) is 10.2 Å². The zero-order valence-corrected chi connectivity index (χ0v) is 9.52. The summed E-state index contributed by atoms with van der Waals surface area (Å²) in [6.45, 7) is 0. The molecule has 0 heterocycles. The third kappa shape index (κ3) is 4.08. The van der Waals surface area contributed by atoms with Crippen molar-refractivity contribution >= 4 is 23.4 Å². The highest BCUT2D eigenvalue weighted by molar-refractivity contribution is 7.99. The van der Waals surface area contributed by atoms with Crippen LogP contribution in [0.2, 0.25) is 0 Å². The lowest BCUT2D eigenvalue weighted by Crippen LogP contribution is -2.29. The standard InChI is InChI=1S/C10H14FN3OS/c11-8-6-7(12)3-4-9(8)16-5-1-2-10(15)14-13/h3-4,6H,1-2,5,12-13H2,(H,14,15). The van der Waals surface area contributed by atoms with Crippen molar-refractivity contribution in [2.45, 2.75) is 17.7 Å². The van der Waals surface area contributed by atoms with E-state index in [4.69, 9.17) is 11.6 Å². The minimum Gasteiger partial charge on any atom is -0.399 e. The summed E-state index contributed by atoms with van der Waals surface area (Å²) in [5.41, 5.74) is 7.87. The number of hydrazine groups is 1. The largest absolute Gasteiger partial charge is 0.399 e. The summed E-state index contributed by atoms with van der Waals surface area (Å²) in [5, 5.41) is 0. The van der Waals surface area contributed by atoms with Crippen molar-refractivity contribution in [1.29, 1.82) is 0 Å². The van der Waals surface area contributed by atoms with E-state index < -0.39 is 0 Å². The van der Waals surface area contributed by atoms with Gasteiger partial charge in [-0.2, -0.15) is 0 Å². The number of halogens is 1. The van der Waals surface area contributed by atoms with Crippen LogP contribution in [0.5, 0.6) is 0 Å². The quantitative estimate of drug-likeness (QED) is 0.182. The topological polar surface area (TPSA) is 81.1 Å². The van der Waals surface area contributed by atoms with E-state index in [0.29, 0.717) is 29.2 Å². The van der Waals surface area contributed by atoms with Gasteiger partial charge in [0.25, 0.3) is 0 Å². The molecule has 88 valence electrons. The predicted octanol–water partition coefficient (Wildman–Crippen LogP) is 1.27. The number of hydrogen-bond donors (Lipinski definition) is 3. The zero-order chi connectivity index (χ0) is 12.0. The van der Waals surface area contributed by atoms with Crippen molar-refractivity contribution in [1.82, 2.24) is 5.43 Å². The van der Waals surface area contributed by atoms with Crippen molar-refractivity contribution in [3.05, 3.63) is 24.0 Å². The first-order valence-electron chi connectivity index (χ1n) is 4.80. The lowest BCUT2D eigenvalue weighted by Gasteiger charge is -2.03. The SMILES string of the molecule is NNC(=O)CCCSc1ccc(N)cc1F. The maximum atomic E-state index is 13.3. The van der Waals surface area contributed by atoms with Crippen LogP contribution in [-0.4, -0.2) is 11.7 Å². The van der Waals surface area contributed by atoms with Gasteiger partial charge in [-0.15, -0.1) is 11.8 Å². The molecular weight excluding hydrogens is 229 g/mol. The average molecular weight is 243 g/mol. The van der Waals surface area contributed by atoms with E-state index in [1.807, 2.05) is 5.43 Å². The van der Waals surface area contributed by atoms with Gasteiger partial charge in [0.1, 0.15) is 5.82 Å². The van der Waals surface area contributed by atoms with Crippen molar-refractivity contribution < 1.29 is 9.18 Å². The van der Waals surface area contributed by atoms with Crippen molar-refractivity contribution in [2.75, 3.05) is 11.5 Å². The number of anilines is 1. The van der Waals surface area contributed by atoms with Crippen LogP contribution in [0.1, 0.15) is 12.8 Å². The van der Waals surface area contributed by atoms with Crippen molar-refractivity contribution in [3.8, 4) is 0 Å². The molecule has 0 radical (unpaired) electrons. The Balaban J connectivity index is 2.35. The number of nitrogens with one attached hydrogen (secondary N) is 1. The fourth-order valence-electron chi connectivity index (χ4n) is 1.12. The summed E-state index contributed by atoms with van der Waals surface area (Å²) >= 11 is 1.36. The van der Waals surface area contributed by atoms with E-state index in [0.717, 1.165) is 0 Å². The Kier molecular flexibility index (Phi) is 5.07. The van der Waals surface area contributed by atoms with Crippen molar-refractivity contribution in [3.63, 3.8) is 0 Å². The van der Waals surface area contributed by atoms with E-state index in [9.17, 15) is 9.18 Å². The first-order valence-corrected chi connectivity index (χ1v) is 5.79. The van der Waals surface area contributed by atoms with Crippen LogP contribution >= 0.6 is 11.8 Å². The molecule has 4 nitrogen and oxygen atoms in total. The number of rotatable bonds is 5. The summed E-state index contributed by atoms with van der Waals surface area (Å²) in [4.78, 5) is 11.3.